The topological polar surface area (TPSA) is 13.0 Å². The summed E-state index contributed by atoms with van der Waals surface area (Å²) in [7, 11) is 0. The van der Waals surface area contributed by atoms with Crippen molar-refractivity contribution >= 4 is 68.2 Å². The normalized spacial score (nSPS) is 10.9. The van der Waals surface area contributed by atoms with Crippen LogP contribution in [0.15, 0.2) is 352 Å². The van der Waals surface area contributed by atoms with Crippen molar-refractivity contribution in [1.82, 2.24) is 0 Å². The van der Waals surface area contributed by atoms with Crippen LogP contribution >= 0.6 is 0 Å². The molecular weight excluding hydrogens is 993 g/mol. The molecule has 0 spiro atoms. The summed E-state index contributed by atoms with van der Waals surface area (Å²) in [6.45, 7) is 0. The van der Waals surface area contributed by atoms with Crippen LogP contribution in [0.5, 0.6) is 0 Å². The van der Waals surface area contributed by atoms with Gasteiger partial charge in [-0.15, -0.1) is 0 Å². The molecule has 0 heterocycles. The highest BCUT2D eigenvalue weighted by Gasteiger charge is 2.18. The Bertz CT molecular complexity index is 4030. The Morgan fingerprint density at radius 3 is 0.354 bits per heavy atom. The van der Waals surface area contributed by atoms with Crippen LogP contribution in [-0.4, -0.2) is 0 Å². The lowest BCUT2D eigenvalue weighted by atomic mass is 10.0. The first kappa shape index (κ1) is 50.6. The third kappa shape index (κ3) is 10.9. The highest BCUT2D eigenvalue weighted by atomic mass is 15.2. The molecule has 0 unspecified atom stereocenters. The zero-order valence-electron chi connectivity index (χ0n) is 45.3. The molecule has 0 bridgehead atoms. The van der Waals surface area contributed by atoms with Crippen LogP contribution in [0.1, 0.15) is 0 Å². The zero-order chi connectivity index (χ0) is 54.9. The maximum atomic E-state index is 2.34. The standard InChI is InChI=1S/C78H58N4/c1-7-19-59(20-8-1)60-31-45-76(46-32-60)82(77-55-41-65(42-56-77)62-35-49-73(50-36-62)80(69-25-13-4-14-26-69)70-27-15-5-16-28-70)78-57-43-66(44-58-78)64-39-53-75(54-40-64)81(71-29-17-6-18-30-71)74-51-37-63(38-52-74)61-33-47-72(48-34-61)79(67-21-9-2-10-22-67)68-23-11-3-12-24-68/h1-58H. The molecule has 390 valence electrons. The van der Waals surface area contributed by atoms with Crippen LogP contribution in [0, 0.1) is 0 Å². The van der Waals surface area contributed by atoms with Crippen LogP contribution in [0.3, 0.4) is 0 Å². The van der Waals surface area contributed by atoms with Gasteiger partial charge in [0.1, 0.15) is 0 Å². The van der Waals surface area contributed by atoms with E-state index in [0.717, 1.165) is 102 Å². The van der Waals surface area contributed by atoms with E-state index in [0.29, 0.717) is 0 Å². The first-order chi connectivity index (χ1) is 40.7. The first-order valence-corrected chi connectivity index (χ1v) is 27.9. The fourth-order valence-corrected chi connectivity index (χ4v) is 10.9. The van der Waals surface area contributed by atoms with Crippen LogP contribution < -0.4 is 19.6 Å². The molecular formula is C78H58N4. The average Bonchev–Trinajstić information content (AvgIpc) is 3.59. The summed E-state index contributed by atoms with van der Waals surface area (Å²) in [4.78, 5) is 9.25. The van der Waals surface area contributed by atoms with Crippen molar-refractivity contribution in [2.45, 2.75) is 0 Å². The Kier molecular flexibility index (Phi) is 14.5. The highest BCUT2D eigenvalue weighted by Crippen LogP contribution is 2.42. The molecule has 4 heteroatoms. The Hall–Kier alpha value is -10.9. The van der Waals surface area contributed by atoms with Gasteiger partial charge < -0.3 is 19.6 Å². The van der Waals surface area contributed by atoms with E-state index in [2.05, 4.69) is 371 Å². The Balaban J connectivity index is 0.759. The summed E-state index contributed by atoms with van der Waals surface area (Å²) in [6.07, 6.45) is 0. The second-order valence-corrected chi connectivity index (χ2v) is 20.2. The second-order valence-electron chi connectivity index (χ2n) is 20.2. The van der Waals surface area contributed by atoms with Crippen molar-refractivity contribution in [3.63, 3.8) is 0 Å². The van der Waals surface area contributed by atoms with E-state index < -0.39 is 0 Å². The Morgan fingerprint density at radius 1 is 0.0976 bits per heavy atom. The number of rotatable bonds is 16. The third-order valence-corrected chi connectivity index (χ3v) is 15.1. The molecule has 0 aliphatic heterocycles. The van der Waals surface area contributed by atoms with E-state index in [1.807, 2.05) is 0 Å². The minimum atomic E-state index is 1.07. The van der Waals surface area contributed by atoms with Gasteiger partial charge in [0.05, 0.1) is 0 Å². The number of hydrogen-bond donors (Lipinski definition) is 0. The molecule has 0 aliphatic carbocycles. The Morgan fingerprint density at radius 2 is 0.207 bits per heavy atom. The van der Waals surface area contributed by atoms with Gasteiger partial charge in [0.15, 0.2) is 0 Å². The van der Waals surface area contributed by atoms with Gasteiger partial charge in [-0.2, -0.15) is 0 Å². The van der Waals surface area contributed by atoms with Crippen molar-refractivity contribution in [2.75, 3.05) is 19.6 Å². The van der Waals surface area contributed by atoms with Crippen LogP contribution in [-0.2, 0) is 0 Å². The predicted octanol–water partition coefficient (Wildman–Crippen LogP) is 22.2. The minimum Gasteiger partial charge on any atom is -0.311 e. The van der Waals surface area contributed by atoms with E-state index in [1.165, 1.54) is 11.1 Å². The number of anilines is 12. The summed E-state index contributed by atoms with van der Waals surface area (Å²) in [5.74, 6) is 0. The number of hydrogen-bond acceptors (Lipinski definition) is 4. The molecule has 13 aromatic carbocycles. The molecule has 0 aromatic heterocycles. The number of para-hydroxylation sites is 5. The maximum absolute atomic E-state index is 2.34. The van der Waals surface area contributed by atoms with Gasteiger partial charge in [-0.25, -0.2) is 0 Å². The molecule has 0 aliphatic rings. The molecule has 13 aromatic rings. The predicted molar refractivity (Wildman–Crippen MR) is 347 cm³/mol. The van der Waals surface area contributed by atoms with E-state index >= 15 is 0 Å². The molecule has 0 amide bonds. The summed E-state index contributed by atoms with van der Waals surface area (Å²) in [5.41, 5.74) is 22.5. The molecule has 0 atom stereocenters. The number of benzene rings is 13. The molecule has 0 fully saturated rings. The van der Waals surface area contributed by atoms with Crippen molar-refractivity contribution in [3.8, 4) is 44.5 Å². The van der Waals surface area contributed by atoms with E-state index in [1.54, 1.807) is 0 Å². The van der Waals surface area contributed by atoms with Crippen LogP contribution in [0.2, 0.25) is 0 Å². The maximum Gasteiger partial charge on any atom is 0.0462 e. The van der Waals surface area contributed by atoms with Crippen LogP contribution in [0.4, 0.5) is 68.2 Å². The quantitative estimate of drug-likeness (QED) is 0.0956. The molecule has 82 heavy (non-hydrogen) atoms. The number of nitrogens with zero attached hydrogens (tertiary/aromatic N) is 4. The fourth-order valence-electron chi connectivity index (χ4n) is 10.9. The summed E-state index contributed by atoms with van der Waals surface area (Å²) >= 11 is 0. The van der Waals surface area contributed by atoms with Crippen molar-refractivity contribution < 1.29 is 0 Å². The van der Waals surface area contributed by atoms with Crippen LogP contribution in [0.25, 0.3) is 44.5 Å². The molecule has 4 nitrogen and oxygen atoms in total. The lowest BCUT2D eigenvalue weighted by molar-refractivity contribution is 1.28. The van der Waals surface area contributed by atoms with Crippen molar-refractivity contribution in [1.29, 1.82) is 0 Å². The van der Waals surface area contributed by atoms with Gasteiger partial charge in [-0.05, 0) is 190 Å². The highest BCUT2D eigenvalue weighted by molar-refractivity contribution is 5.85. The Labute approximate surface area is 481 Å². The smallest absolute Gasteiger partial charge is 0.0462 e. The SMILES string of the molecule is c1ccc(-c2ccc(N(c3ccc(-c4ccc(N(c5ccccc5)c5ccccc5)cc4)cc3)c3ccc(-c4ccc(N(c5ccccc5)c5ccc(-c6ccc(N(c7ccccc7)c7ccccc7)cc6)cc5)cc4)cc3)cc2)cc1. The third-order valence-electron chi connectivity index (χ3n) is 15.1. The average molecular weight is 1050 g/mol. The molecule has 0 N–H and O–H groups in total. The molecule has 0 saturated carbocycles. The second kappa shape index (κ2) is 23.6. The summed E-state index contributed by atoms with van der Waals surface area (Å²) < 4.78 is 0. The monoisotopic (exact) mass is 1050 g/mol. The van der Waals surface area contributed by atoms with E-state index in [4.69, 9.17) is 0 Å². The first-order valence-electron chi connectivity index (χ1n) is 27.9. The molecule has 0 radical (unpaired) electrons. The van der Waals surface area contributed by atoms with Gasteiger partial charge >= 0.3 is 0 Å². The summed E-state index contributed by atoms with van der Waals surface area (Å²) in [6, 6.07) is 126. The van der Waals surface area contributed by atoms with Gasteiger partial charge in [0, 0.05) is 68.2 Å². The van der Waals surface area contributed by atoms with Crippen molar-refractivity contribution in [2.24, 2.45) is 0 Å². The zero-order valence-corrected chi connectivity index (χ0v) is 45.3. The summed E-state index contributed by atoms with van der Waals surface area (Å²) in [5, 5.41) is 0. The fraction of sp³-hybridized carbons (Fsp3) is 0. The molecule has 13 rings (SSSR count). The van der Waals surface area contributed by atoms with Gasteiger partial charge in [-0.1, -0.05) is 206 Å². The van der Waals surface area contributed by atoms with E-state index in [9.17, 15) is 0 Å². The van der Waals surface area contributed by atoms with Gasteiger partial charge in [0.2, 0.25) is 0 Å². The lowest BCUT2D eigenvalue weighted by Gasteiger charge is -2.27. The van der Waals surface area contributed by atoms with Gasteiger partial charge in [0.25, 0.3) is 0 Å². The van der Waals surface area contributed by atoms with Gasteiger partial charge in [-0.3, -0.25) is 0 Å². The largest absolute Gasteiger partial charge is 0.311 e. The van der Waals surface area contributed by atoms with Crippen molar-refractivity contribution in [3.05, 3.63) is 352 Å². The van der Waals surface area contributed by atoms with E-state index in [-0.39, 0.29) is 0 Å². The minimum absolute atomic E-state index is 1.07. The molecule has 0 saturated heterocycles. The lowest BCUT2D eigenvalue weighted by Crippen LogP contribution is -2.10.